The van der Waals surface area contributed by atoms with Crippen LogP contribution >= 0.6 is 0 Å². The van der Waals surface area contributed by atoms with Gasteiger partial charge in [-0.3, -0.25) is 0 Å². The van der Waals surface area contributed by atoms with E-state index in [0.29, 0.717) is 17.9 Å². The molecule has 4 nitrogen and oxygen atoms in total. The van der Waals surface area contributed by atoms with E-state index in [4.69, 9.17) is 10.5 Å². The Balaban J connectivity index is 2.16. The zero-order chi connectivity index (χ0) is 13.1. The minimum atomic E-state index is -0.293. The fourth-order valence-electron chi connectivity index (χ4n) is 2.00. The van der Waals surface area contributed by atoms with Gasteiger partial charge in [-0.05, 0) is 43.9 Å². The Morgan fingerprint density at radius 1 is 1.50 bits per heavy atom. The van der Waals surface area contributed by atoms with Gasteiger partial charge in [-0.15, -0.1) is 0 Å². The number of carbonyl (C=O) groups excluding carboxylic acids is 1. The molecule has 0 spiro atoms. The van der Waals surface area contributed by atoms with Crippen LogP contribution in [0.5, 0.6) is 0 Å². The first kappa shape index (κ1) is 12.7. The van der Waals surface area contributed by atoms with Crippen LogP contribution in [0.3, 0.4) is 0 Å². The summed E-state index contributed by atoms with van der Waals surface area (Å²) in [6.07, 6.45) is 2.59. The highest BCUT2D eigenvalue weighted by Crippen LogP contribution is 2.32. The van der Waals surface area contributed by atoms with Crippen LogP contribution in [0.4, 0.5) is 11.4 Å². The fraction of sp³-hybridized carbons (Fsp3) is 0.500. The maximum Gasteiger partial charge on any atom is 0.338 e. The van der Waals surface area contributed by atoms with Gasteiger partial charge in [-0.2, -0.15) is 0 Å². The van der Waals surface area contributed by atoms with Crippen molar-refractivity contribution in [2.75, 3.05) is 30.8 Å². The van der Waals surface area contributed by atoms with Crippen molar-refractivity contribution in [3.8, 4) is 0 Å². The summed E-state index contributed by atoms with van der Waals surface area (Å²) >= 11 is 0. The SMILES string of the molecule is CCOC(=O)c1ccc(N)c(N(C)CC2CC2)c1. The molecule has 1 aliphatic rings. The predicted molar refractivity (Wildman–Crippen MR) is 72.8 cm³/mol. The Labute approximate surface area is 108 Å². The molecule has 0 radical (unpaired) electrons. The number of nitrogen functional groups attached to an aromatic ring is 1. The van der Waals surface area contributed by atoms with Crippen molar-refractivity contribution in [3.63, 3.8) is 0 Å². The second-order valence-electron chi connectivity index (χ2n) is 4.82. The Bertz CT molecular complexity index is 441. The van der Waals surface area contributed by atoms with Crippen LogP contribution < -0.4 is 10.6 Å². The summed E-state index contributed by atoms with van der Waals surface area (Å²) in [5.41, 5.74) is 8.14. The zero-order valence-electron chi connectivity index (χ0n) is 11.0. The van der Waals surface area contributed by atoms with E-state index in [1.807, 2.05) is 13.1 Å². The molecule has 0 atom stereocenters. The summed E-state index contributed by atoms with van der Waals surface area (Å²) in [6, 6.07) is 5.29. The van der Waals surface area contributed by atoms with Crippen LogP contribution in [-0.2, 0) is 4.74 Å². The van der Waals surface area contributed by atoms with Crippen LogP contribution in [0.1, 0.15) is 30.1 Å². The molecule has 98 valence electrons. The van der Waals surface area contributed by atoms with Crippen LogP contribution in [0.25, 0.3) is 0 Å². The van der Waals surface area contributed by atoms with Gasteiger partial charge in [0.05, 0.1) is 23.5 Å². The van der Waals surface area contributed by atoms with Gasteiger partial charge in [0.1, 0.15) is 0 Å². The minimum absolute atomic E-state index is 0.293. The molecule has 1 aromatic carbocycles. The summed E-state index contributed by atoms with van der Waals surface area (Å²) in [6.45, 7) is 3.18. The number of rotatable bonds is 5. The standard InChI is InChI=1S/C14H20N2O2/c1-3-18-14(17)11-6-7-12(15)13(8-11)16(2)9-10-4-5-10/h6-8,10H,3-5,9,15H2,1-2H3. The molecule has 1 aromatic rings. The summed E-state index contributed by atoms with van der Waals surface area (Å²) in [7, 11) is 2.01. The van der Waals surface area contributed by atoms with Crippen LogP contribution in [-0.4, -0.2) is 26.2 Å². The van der Waals surface area contributed by atoms with E-state index in [9.17, 15) is 4.79 Å². The number of hydrogen-bond donors (Lipinski definition) is 1. The Morgan fingerprint density at radius 2 is 2.22 bits per heavy atom. The van der Waals surface area contributed by atoms with Crippen LogP contribution in [0.15, 0.2) is 18.2 Å². The van der Waals surface area contributed by atoms with E-state index < -0.39 is 0 Å². The highest BCUT2D eigenvalue weighted by atomic mass is 16.5. The highest BCUT2D eigenvalue weighted by molar-refractivity contribution is 5.92. The molecule has 0 aromatic heterocycles. The van der Waals surface area contributed by atoms with Gasteiger partial charge in [-0.1, -0.05) is 0 Å². The van der Waals surface area contributed by atoms with Crippen molar-refractivity contribution in [3.05, 3.63) is 23.8 Å². The van der Waals surface area contributed by atoms with Crippen molar-refractivity contribution >= 4 is 17.3 Å². The molecule has 2 rings (SSSR count). The lowest BCUT2D eigenvalue weighted by atomic mass is 10.1. The first-order chi connectivity index (χ1) is 8.61. The van der Waals surface area contributed by atoms with E-state index >= 15 is 0 Å². The number of benzene rings is 1. The second-order valence-corrected chi connectivity index (χ2v) is 4.82. The molecule has 0 saturated heterocycles. The maximum absolute atomic E-state index is 11.7. The topological polar surface area (TPSA) is 55.6 Å². The molecule has 0 amide bonds. The first-order valence-electron chi connectivity index (χ1n) is 6.39. The fourth-order valence-corrected chi connectivity index (χ4v) is 2.00. The summed E-state index contributed by atoms with van der Waals surface area (Å²) < 4.78 is 5.00. The monoisotopic (exact) mass is 248 g/mol. The molecular weight excluding hydrogens is 228 g/mol. The molecule has 1 saturated carbocycles. The van der Waals surface area contributed by atoms with Crippen molar-refractivity contribution in [2.45, 2.75) is 19.8 Å². The molecule has 4 heteroatoms. The second kappa shape index (κ2) is 5.29. The number of carbonyl (C=O) groups is 1. The van der Waals surface area contributed by atoms with Crippen molar-refractivity contribution in [1.29, 1.82) is 0 Å². The van der Waals surface area contributed by atoms with E-state index in [1.54, 1.807) is 19.1 Å². The Morgan fingerprint density at radius 3 is 2.83 bits per heavy atom. The maximum atomic E-state index is 11.7. The summed E-state index contributed by atoms with van der Waals surface area (Å²) in [4.78, 5) is 13.8. The minimum Gasteiger partial charge on any atom is -0.462 e. The molecule has 2 N–H and O–H groups in total. The van der Waals surface area contributed by atoms with Crippen molar-refractivity contribution in [2.24, 2.45) is 5.92 Å². The molecule has 1 fully saturated rings. The third-order valence-corrected chi connectivity index (χ3v) is 3.18. The molecule has 1 aliphatic carbocycles. The number of esters is 1. The van der Waals surface area contributed by atoms with Gasteiger partial charge < -0.3 is 15.4 Å². The lowest BCUT2D eigenvalue weighted by Gasteiger charge is -2.21. The summed E-state index contributed by atoms with van der Waals surface area (Å²) in [5, 5.41) is 0. The molecule has 0 bridgehead atoms. The molecule has 0 unspecified atom stereocenters. The Hall–Kier alpha value is -1.71. The van der Waals surface area contributed by atoms with E-state index in [-0.39, 0.29) is 5.97 Å². The molecule has 0 heterocycles. The van der Waals surface area contributed by atoms with Gasteiger partial charge in [0.2, 0.25) is 0 Å². The molecule has 0 aliphatic heterocycles. The molecular formula is C14H20N2O2. The first-order valence-corrected chi connectivity index (χ1v) is 6.39. The smallest absolute Gasteiger partial charge is 0.338 e. The van der Waals surface area contributed by atoms with Crippen molar-refractivity contribution < 1.29 is 9.53 Å². The average molecular weight is 248 g/mol. The number of nitrogens with two attached hydrogens (primary N) is 1. The number of nitrogens with zero attached hydrogens (tertiary/aromatic N) is 1. The number of hydrogen-bond acceptors (Lipinski definition) is 4. The highest BCUT2D eigenvalue weighted by Gasteiger charge is 2.24. The lowest BCUT2D eigenvalue weighted by molar-refractivity contribution is 0.0526. The molecule has 18 heavy (non-hydrogen) atoms. The van der Waals surface area contributed by atoms with Gasteiger partial charge in [0.15, 0.2) is 0 Å². The lowest BCUT2D eigenvalue weighted by Crippen LogP contribution is -2.21. The largest absolute Gasteiger partial charge is 0.462 e. The summed E-state index contributed by atoms with van der Waals surface area (Å²) in [5.74, 6) is 0.485. The third-order valence-electron chi connectivity index (χ3n) is 3.18. The average Bonchev–Trinajstić information content (AvgIpc) is 3.13. The van der Waals surface area contributed by atoms with Gasteiger partial charge in [-0.25, -0.2) is 4.79 Å². The van der Waals surface area contributed by atoms with E-state index in [2.05, 4.69) is 4.90 Å². The van der Waals surface area contributed by atoms with Gasteiger partial charge >= 0.3 is 5.97 Å². The van der Waals surface area contributed by atoms with Gasteiger partial charge in [0, 0.05) is 13.6 Å². The third kappa shape index (κ3) is 2.94. The van der Waals surface area contributed by atoms with E-state index in [1.165, 1.54) is 12.8 Å². The van der Waals surface area contributed by atoms with Crippen molar-refractivity contribution in [1.82, 2.24) is 0 Å². The van der Waals surface area contributed by atoms with Crippen LogP contribution in [0, 0.1) is 5.92 Å². The zero-order valence-corrected chi connectivity index (χ0v) is 11.0. The number of ether oxygens (including phenoxy) is 1. The van der Waals surface area contributed by atoms with E-state index in [0.717, 1.165) is 18.2 Å². The predicted octanol–water partition coefficient (Wildman–Crippen LogP) is 2.29. The number of anilines is 2. The normalized spacial score (nSPS) is 14.3. The van der Waals surface area contributed by atoms with Gasteiger partial charge in [0.25, 0.3) is 0 Å². The quantitative estimate of drug-likeness (QED) is 0.641. The Kier molecular flexibility index (Phi) is 3.75. The van der Waals surface area contributed by atoms with Crippen LogP contribution in [0.2, 0.25) is 0 Å².